The molecule has 0 heterocycles. The molecular weight excluding hydrogens is 260 g/mol. The molecule has 3 nitrogen and oxygen atoms in total. The summed E-state index contributed by atoms with van der Waals surface area (Å²) < 4.78 is 0. The molecule has 0 aliphatic rings. The molecule has 108 valence electrons. The van der Waals surface area contributed by atoms with Gasteiger partial charge in [0, 0.05) is 5.54 Å². The van der Waals surface area contributed by atoms with Gasteiger partial charge in [0.05, 0.1) is 0 Å². The summed E-state index contributed by atoms with van der Waals surface area (Å²) in [7, 11) is 0. The number of rotatable bonds is 4. The van der Waals surface area contributed by atoms with Gasteiger partial charge in [0.2, 0.25) is 5.91 Å². The zero-order valence-electron chi connectivity index (χ0n) is 12.0. The second kappa shape index (κ2) is 9.59. The first-order valence-electron chi connectivity index (χ1n) is 6.12. The molecule has 0 spiro atoms. The number of hydrogen-bond donors (Lipinski definition) is 2. The largest absolute Gasteiger partial charge is 0.366 e. The molecule has 4 heteroatoms. The maximum absolute atomic E-state index is 9.47. The molecule has 1 aromatic rings. The SMILES string of the molecule is C=CC(N)=O.CCCc1ccccc1C(C)(C)N.Cl. The highest BCUT2D eigenvalue weighted by Crippen LogP contribution is 2.22. The molecule has 0 aliphatic heterocycles. The van der Waals surface area contributed by atoms with E-state index < -0.39 is 5.91 Å². The van der Waals surface area contributed by atoms with Gasteiger partial charge in [0.1, 0.15) is 0 Å². The van der Waals surface area contributed by atoms with Crippen LogP contribution in [0.25, 0.3) is 0 Å². The van der Waals surface area contributed by atoms with Crippen LogP contribution in [-0.2, 0) is 16.8 Å². The van der Waals surface area contributed by atoms with Gasteiger partial charge in [-0.1, -0.05) is 44.2 Å². The Morgan fingerprint density at radius 3 is 2.21 bits per heavy atom. The summed E-state index contributed by atoms with van der Waals surface area (Å²) in [4.78, 5) is 9.47. The van der Waals surface area contributed by atoms with E-state index in [4.69, 9.17) is 5.73 Å². The second-order valence-corrected chi connectivity index (χ2v) is 4.74. The molecule has 19 heavy (non-hydrogen) atoms. The number of amides is 1. The molecule has 1 amide bonds. The third kappa shape index (κ3) is 8.41. The summed E-state index contributed by atoms with van der Waals surface area (Å²) in [5.74, 6) is -0.481. The van der Waals surface area contributed by atoms with Gasteiger partial charge in [0.15, 0.2) is 0 Å². The minimum Gasteiger partial charge on any atom is -0.366 e. The molecule has 1 rings (SSSR count). The van der Waals surface area contributed by atoms with E-state index in [9.17, 15) is 4.79 Å². The Balaban J connectivity index is 0. The Labute approximate surface area is 122 Å². The van der Waals surface area contributed by atoms with Crippen molar-refractivity contribution in [2.45, 2.75) is 39.2 Å². The third-order valence-corrected chi connectivity index (χ3v) is 2.43. The molecular formula is C15H25ClN2O. The standard InChI is InChI=1S/C12H19N.C3H5NO.ClH/c1-4-7-10-8-5-6-9-11(10)12(2,3)13;1-2-3(4)5;/h5-6,8-9H,4,7,13H2,1-3H3;2H,1H2,(H2,4,5);1H. The molecule has 0 radical (unpaired) electrons. The van der Waals surface area contributed by atoms with Crippen LogP contribution in [0.2, 0.25) is 0 Å². The van der Waals surface area contributed by atoms with E-state index in [1.54, 1.807) is 0 Å². The number of nitrogens with two attached hydrogens (primary N) is 2. The van der Waals surface area contributed by atoms with Crippen LogP contribution < -0.4 is 11.5 Å². The van der Waals surface area contributed by atoms with Crippen molar-refractivity contribution in [3.63, 3.8) is 0 Å². The monoisotopic (exact) mass is 284 g/mol. The first kappa shape index (κ1) is 20.0. The van der Waals surface area contributed by atoms with Crippen LogP contribution in [0.3, 0.4) is 0 Å². The fraction of sp³-hybridized carbons (Fsp3) is 0.400. The van der Waals surface area contributed by atoms with Gasteiger partial charge >= 0.3 is 0 Å². The van der Waals surface area contributed by atoms with Crippen molar-refractivity contribution in [3.05, 3.63) is 48.0 Å². The Morgan fingerprint density at radius 2 is 1.84 bits per heavy atom. The molecule has 0 saturated heterocycles. The van der Waals surface area contributed by atoms with Crippen LogP contribution in [0.4, 0.5) is 0 Å². The lowest BCUT2D eigenvalue weighted by Crippen LogP contribution is -2.29. The van der Waals surface area contributed by atoms with Crippen molar-refractivity contribution in [2.75, 3.05) is 0 Å². The summed E-state index contributed by atoms with van der Waals surface area (Å²) in [6.07, 6.45) is 3.35. The van der Waals surface area contributed by atoms with E-state index in [1.807, 2.05) is 0 Å². The highest BCUT2D eigenvalue weighted by molar-refractivity contribution is 5.85. The van der Waals surface area contributed by atoms with Crippen LogP contribution >= 0.6 is 12.4 Å². The number of hydrogen-bond acceptors (Lipinski definition) is 2. The van der Waals surface area contributed by atoms with Crippen molar-refractivity contribution < 1.29 is 4.79 Å². The molecule has 4 N–H and O–H groups in total. The normalized spacial score (nSPS) is 9.68. The Hall–Kier alpha value is -1.32. The van der Waals surface area contributed by atoms with Gasteiger partial charge in [0.25, 0.3) is 0 Å². The number of halogens is 1. The van der Waals surface area contributed by atoms with Crippen molar-refractivity contribution in [2.24, 2.45) is 11.5 Å². The summed E-state index contributed by atoms with van der Waals surface area (Å²) in [6.45, 7) is 9.39. The summed E-state index contributed by atoms with van der Waals surface area (Å²) >= 11 is 0. The van der Waals surface area contributed by atoms with Gasteiger partial charge in [-0.05, 0) is 37.5 Å². The van der Waals surface area contributed by atoms with Crippen LogP contribution in [0, 0.1) is 0 Å². The predicted octanol–water partition coefficient (Wildman–Crippen LogP) is 2.91. The highest BCUT2D eigenvalue weighted by atomic mass is 35.5. The Morgan fingerprint density at radius 1 is 1.37 bits per heavy atom. The maximum atomic E-state index is 9.47. The third-order valence-electron chi connectivity index (χ3n) is 2.43. The van der Waals surface area contributed by atoms with E-state index in [2.05, 4.69) is 57.3 Å². The van der Waals surface area contributed by atoms with Crippen molar-refractivity contribution in [1.29, 1.82) is 0 Å². The van der Waals surface area contributed by atoms with Gasteiger partial charge in [-0.25, -0.2) is 0 Å². The summed E-state index contributed by atoms with van der Waals surface area (Å²) in [5.41, 5.74) is 13.1. The number of primary amides is 1. The van der Waals surface area contributed by atoms with Gasteiger partial charge in [-0.2, -0.15) is 0 Å². The van der Waals surface area contributed by atoms with Crippen LogP contribution in [0.1, 0.15) is 38.3 Å². The lowest BCUT2D eigenvalue weighted by Gasteiger charge is -2.22. The van der Waals surface area contributed by atoms with Crippen molar-refractivity contribution in [3.8, 4) is 0 Å². The summed E-state index contributed by atoms with van der Waals surface area (Å²) in [5, 5.41) is 0. The number of carbonyl (C=O) groups excluding carboxylic acids is 1. The lowest BCUT2D eigenvalue weighted by molar-refractivity contribution is -0.113. The van der Waals surface area contributed by atoms with E-state index in [0.29, 0.717) is 0 Å². The van der Waals surface area contributed by atoms with Crippen LogP contribution in [-0.4, -0.2) is 5.91 Å². The Kier molecular flexibility index (Phi) is 10.1. The molecule has 0 unspecified atom stereocenters. The highest BCUT2D eigenvalue weighted by Gasteiger charge is 2.16. The van der Waals surface area contributed by atoms with E-state index in [0.717, 1.165) is 12.5 Å². The topological polar surface area (TPSA) is 69.1 Å². The Bertz CT molecular complexity index is 397. The first-order chi connectivity index (χ1) is 8.32. The van der Waals surface area contributed by atoms with E-state index >= 15 is 0 Å². The molecule has 0 aliphatic carbocycles. The minimum absolute atomic E-state index is 0. The number of benzene rings is 1. The summed E-state index contributed by atoms with van der Waals surface area (Å²) in [6, 6.07) is 8.45. The average Bonchev–Trinajstić information content (AvgIpc) is 2.29. The molecule has 0 aromatic heterocycles. The second-order valence-electron chi connectivity index (χ2n) is 4.74. The van der Waals surface area contributed by atoms with Gasteiger partial charge in [-0.3, -0.25) is 4.79 Å². The van der Waals surface area contributed by atoms with E-state index in [-0.39, 0.29) is 17.9 Å². The fourth-order valence-electron chi connectivity index (χ4n) is 1.64. The molecule has 0 fully saturated rings. The number of aryl methyl sites for hydroxylation is 1. The van der Waals surface area contributed by atoms with Crippen LogP contribution in [0.5, 0.6) is 0 Å². The first-order valence-corrected chi connectivity index (χ1v) is 6.12. The zero-order chi connectivity index (χ0) is 14.2. The number of carbonyl (C=O) groups is 1. The zero-order valence-corrected chi connectivity index (χ0v) is 12.8. The smallest absolute Gasteiger partial charge is 0.240 e. The molecule has 0 bridgehead atoms. The minimum atomic E-state index is -0.481. The van der Waals surface area contributed by atoms with E-state index in [1.165, 1.54) is 17.5 Å². The van der Waals surface area contributed by atoms with Crippen molar-refractivity contribution >= 4 is 18.3 Å². The molecule has 0 atom stereocenters. The lowest BCUT2D eigenvalue weighted by atomic mass is 9.89. The van der Waals surface area contributed by atoms with Crippen LogP contribution in [0.15, 0.2) is 36.9 Å². The fourth-order valence-corrected chi connectivity index (χ4v) is 1.64. The molecule has 1 aromatic carbocycles. The van der Waals surface area contributed by atoms with Gasteiger partial charge < -0.3 is 11.5 Å². The predicted molar refractivity (Wildman–Crippen MR) is 84.3 cm³/mol. The van der Waals surface area contributed by atoms with Gasteiger partial charge in [-0.15, -0.1) is 12.4 Å². The van der Waals surface area contributed by atoms with Crippen molar-refractivity contribution in [1.82, 2.24) is 0 Å². The maximum Gasteiger partial charge on any atom is 0.240 e. The quantitative estimate of drug-likeness (QED) is 0.835. The average molecular weight is 285 g/mol. The molecule has 0 saturated carbocycles.